The molecule has 1 fully saturated rings. The number of rotatable bonds is 5. The number of ether oxygens (including phenoxy) is 5. The Kier molecular flexibility index (Phi) is 6.59. The number of nitrogens with one attached hydrogen (secondary N) is 1. The number of carbonyl (C=O) groups is 1. The number of nitrogens with zero attached hydrogens (tertiary/aromatic N) is 2. The second kappa shape index (κ2) is 9.85. The van der Waals surface area contributed by atoms with Crippen LogP contribution in [0.4, 0.5) is 10.5 Å². The van der Waals surface area contributed by atoms with Gasteiger partial charge in [-0.1, -0.05) is 11.2 Å². The summed E-state index contributed by atoms with van der Waals surface area (Å²) in [6.45, 7) is 5.00. The monoisotopic (exact) mass is 509 g/mol. The predicted octanol–water partition coefficient (Wildman–Crippen LogP) is 4.92. The fraction of sp³-hybridized carbons (Fsp3) is 0.407. The van der Waals surface area contributed by atoms with E-state index in [1.807, 2.05) is 24.3 Å². The maximum Gasteiger partial charge on any atom is 0.321 e. The van der Waals surface area contributed by atoms with Crippen LogP contribution in [0.5, 0.6) is 23.0 Å². The van der Waals surface area contributed by atoms with Crippen molar-refractivity contribution >= 4 is 11.7 Å². The van der Waals surface area contributed by atoms with Gasteiger partial charge in [-0.15, -0.1) is 0 Å². The van der Waals surface area contributed by atoms with Gasteiger partial charge in [-0.3, -0.25) is 0 Å². The molecule has 1 N–H and O–H groups in total. The van der Waals surface area contributed by atoms with Crippen LogP contribution in [0.2, 0.25) is 0 Å². The Bertz CT molecular complexity index is 1270. The van der Waals surface area contributed by atoms with Crippen molar-refractivity contribution < 1.29 is 33.0 Å². The maximum absolute atomic E-state index is 12.8. The summed E-state index contributed by atoms with van der Waals surface area (Å²) < 4.78 is 34.2. The second-order valence-electron chi connectivity index (χ2n) is 9.15. The van der Waals surface area contributed by atoms with Gasteiger partial charge in [0.05, 0.1) is 27.9 Å². The average Bonchev–Trinajstić information content (AvgIpc) is 3.24. The summed E-state index contributed by atoms with van der Waals surface area (Å²) in [5, 5.41) is 6.79. The normalized spacial score (nSPS) is 16.1. The number of hydrogen-bond donors (Lipinski definition) is 1. The first-order valence-electron chi connectivity index (χ1n) is 12.1. The molecule has 5 rings (SSSR count). The molecular formula is C27H31N3O7. The van der Waals surface area contributed by atoms with Crippen molar-refractivity contribution in [3.63, 3.8) is 0 Å². The van der Waals surface area contributed by atoms with E-state index in [1.54, 1.807) is 40.1 Å². The number of fused-ring (bicyclic) bond motifs is 1. The molecule has 196 valence electrons. The highest BCUT2D eigenvalue weighted by Gasteiger charge is 2.42. The number of aryl methyl sites for hydroxylation is 2. The summed E-state index contributed by atoms with van der Waals surface area (Å²) in [5.41, 5.74) is 4.13. The molecule has 0 aliphatic carbocycles. The minimum Gasteiger partial charge on any atom is -0.493 e. The standard InChI is InChI=1S/C27H31N3O7/c1-16-24(17(2)37-29-16)28-26(31)30-10-8-27(9-11-30)35-15-20-12-18(6-7-21(20)36-27)19-13-22(32-3)25(34-5)23(14-19)33-4/h6-7,12-14H,8-11,15H2,1-5H3,(H,28,31). The second-order valence-corrected chi connectivity index (χ2v) is 9.15. The zero-order valence-corrected chi connectivity index (χ0v) is 21.7. The summed E-state index contributed by atoms with van der Waals surface area (Å²) in [6, 6.07) is 9.67. The van der Waals surface area contributed by atoms with Gasteiger partial charge in [-0.05, 0) is 49.2 Å². The molecule has 37 heavy (non-hydrogen) atoms. The van der Waals surface area contributed by atoms with E-state index in [1.165, 1.54) is 0 Å². The number of aromatic nitrogens is 1. The van der Waals surface area contributed by atoms with Gasteiger partial charge >= 0.3 is 6.03 Å². The van der Waals surface area contributed by atoms with E-state index in [0.29, 0.717) is 66.9 Å². The van der Waals surface area contributed by atoms with E-state index >= 15 is 0 Å². The van der Waals surface area contributed by atoms with Crippen LogP contribution in [-0.4, -0.2) is 56.3 Å². The van der Waals surface area contributed by atoms with Gasteiger partial charge in [0, 0.05) is 31.5 Å². The molecule has 1 aromatic heterocycles. The molecule has 3 heterocycles. The van der Waals surface area contributed by atoms with Crippen molar-refractivity contribution in [1.82, 2.24) is 10.1 Å². The van der Waals surface area contributed by atoms with Crippen molar-refractivity contribution in [3.05, 3.63) is 47.3 Å². The Morgan fingerprint density at radius 2 is 1.70 bits per heavy atom. The minimum atomic E-state index is -0.749. The van der Waals surface area contributed by atoms with E-state index in [-0.39, 0.29) is 6.03 Å². The molecule has 2 amide bonds. The smallest absolute Gasteiger partial charge is 0.321 e. The number of anilines is 1. The fourth-order valence-electron chi connectivity index (χ4n) is 4.80. The van der Waals surface area contributed by atoms with Crippen molar-refractivity contribution in [3.8, 4) is 34.1 Å². The van der Waals surface area contributed by atoms with Crippen LogP contribution >= 0.6 is 0 Å². The largest absolute Gasteiger partial charge is 0.493 e. The van der Waals surface area contributed by atoms with Crippen molar-refractivity contribution in [1.29, 1.82) is 0 Å². The van der Waals surface area contributed by atoms with E-state index in [9.17, 15) is 4.79 Å². The zero-order valence-electron chi connectivity index (χ0n) is 21.7. The van der Waals surface area contributed by atoms with Crippen molar-refractivity contribution in [2.24, 2.45) is 0 Å². The summed E-state index contributed by atoms with van der Waals surface area (Å²) in [5.74, 6) is 2.35. The van der Waals surface area contributed by atoms with Crippen molar-refractivity contribution in [2.45, 2.75) is 39.1 Å². The minimum absolute atomic E-state index is 0.185. The van der Waals surface area contributed by atoms with Crippen LogP contribution in [0.25, 0.3) is 11.1 Å². The molecule has 0 atom stereocenters. The van der Waals surface area contributed by atoms with Gasteiger partial charge in [0.2, 0.25) is 11.5 Å². The molecule has 10 heteroatoms. The molecule has 10 nitrogen and oxygen atoms in total. The van der Waals surface area contributed by atoms with E-state index in [0.717, 1.165) is 22.4 Å². The van der Waals surface area contributed by atoms with Crippen LogP contribution < -0.4 is 24.3 Å². The Labute approximate surface area is 215 Å². The Morgan fingerprint density at radius 3 is 2.30 bits per heavy atom. The van der Waals surface area contributed by atoms with Gasteiger partial charge in [-0.25, -0.2) is 4.79 Å². The number of amides is 2. The summed E-state index contributed by atoms with van der Waals surface area (Å²) in [6.07, 6.45) is 1.13. The zero-order chi connectivity index (χ0) is 26.2. The summed E-state index contributed by atoms with van der Waals surface area (Å²) in [4.78, 5) is 14.5. The SMILES string of the molecule is COc1cc(-c2ccc3c(c2)COC2(CCN(C(=O)Nc4c(C)noc4C)CC2)O3)cc(OC)c1OC. The van der Waals surface area contributed by atoms with Gasteiger partial charge in [0.15, 0.2) is 17.3 Å². The summed E-state index contributed by atoms with van der Waals surface area (Å²) >= 11 is 0. The number of carbonyl (C=O) groups excluding carboxylic acids is 1. The van der Waals surface area contributed by atoms with E-state index in [4.69, 9.17) is 28.2 Å². The maximum atomic E-state index is 12.8. The van der Waals surface area contributed by atoms with Gasteiger partial charge in [-0.2, -0.15) is 0 Å². The third-order valence-corrected chi connectivity index (χ3v) is 6.92. The highest BCUT2D eigenvalue weighted by Crippen LogP contribution is 2.43. The van der Waals surface area contributed by atoms with Crippen LogP contribution in [0, 0.1) is 13.8 Å². The van der Waals surface area contributed by atoms with Crippen LogP contribution in [0.3, 0.4) is 0 Å². The molecule has 0 saturated carbocycles. The number of hydrogen-bond acceptors (Lipinski definition) is 8. The number of likely N-dealkylation sites (tertiary alicyclic amines) is 1. The lowest BCUT2D eigenvalue weighted by Gasteiger charge is -2.43. The molecule has 0 radical (unpaired) electrons. The van der Waals surface area contributed by atoms with Gasteiger partial charge in [0.1, 0.15) is 17.1 Å². The van der Waals surface area contributed by atoms with Gasteiger partial charge < -0.3 is 38.4 Å². The van der Waals surface area contributed by atoms with E-state index < -0.39 is 5.79 Å². The number of piperidine rings is 1. The molecule has 2 aliphatic heterocycles. The number of benzene rings is 2. The van der Waals surface area contributed by atoms with Crippen LogP contribution in [0.1, 0.15) is 29.9 Å². The highest BCUT2D eigenvalue weighted by molar-refractivity contribution is 5.90. The van der Waals surface area contributed by atoms with Crippen LogP contribution in [0.15, 0.2) is 34.9 Å². The van der Waals surface area contributed by atoms with Crippen molar-refractivity contribution in [2.75, 3.05) is 39.7 Å². The molecule has 0 bridgehead atoms. The first-order chi connectivity index (χ1) is 17.9. The Morgan fingerprint density at radius 1 is 1.00 bits per heavy atom. The summed E-state index contributed by atoms with van der Waals surface area (Å²) in [7, 11) is 4.78. The lowest BCUT2D eigenvalue weighted by Crippen LogP contribution is -2.53. The van der Waals surface area contributed by atoms with Crippen LogP contribution in [-0.2, 0) is 11.3 Å². The molecule has 0 unspecified atom stereocenters. The third-order valence-electron chi connectivity index (χ3n) is 6.92. The van der Waals surface area contributed by atoms with E-state index in [2.05, 4.69) is 16.5 Å². The Hall–Kier alpha value is -3.92. The fourth-order valence-corrected chi connectivity index (χ4v) is 4.80. The quantitative estimate of drug-likeness (QED) is 0.517. The number of methoxy groups -OCH3 is 3. The molecular weight excluding hydrogens is 478 g/mol. The highest BCUT2D eigenvalue weighted by atomic mass is 16.7. The van der Waals surface area contributed by atoms with Gasteiger partial charge in [0.25, 0.3) is 0 Å². The number of urea groups is 1. The molecule has 3 aromatic rings. The Balaban J connectivity index is 1.28. The molecule has 2 aromatic carbocycles. The lowest BCUT2D eigenvalue weighted by molar-refractivity contribution is -0.225. The molecule has 2 aliphatic rings. The average molecular weight is 510 g/mol. The molecule has 1 spiro atoms. The topological polar surface area (TPSA) is 105 Å². The predicted molar refractivity (Wildman–Crippen MR) is 135 cm³/mol. The molecule has 1 saturated heterocycles. The lowest BCUT2D eigenvalue weighted by atomic mass is 9.98. The third kappa shape index (κ3) is 4.64. The first-order valence-corrected chi connectivity index (χ1v) is 12.1. The first kappa shape index (κ1) is 24.8.